The second-order valence-electron chi connectivity index (χ2n) is 7.42. The number of nitrogens with one attached hydrogen (secondary N) is 1. The van der Waals surface area contributed by atoms with Gasteiger partial charge in [-0.05, 0) is 68.1 Å². The summed E-state index contributed by atoms with van der Waals surface area (Å²) in [4.78, 5) is 31.9. The van der Waals surface area contributed by atoms with E-state index in [1.54, 1.807) is 4.90 Å². The van der Waals surface area contributed by atoms with Crippen molar-refractivity contribution < 1.29 is 14.0 Å². The first-order chi connectivity index (χ1) is 13.9. The number of carbonyl (C=O) groups is 2. The molecule has 2 fully saturated rings. The fraction of sp³-hybridized carbons (Fsp3) is 0.318. The minimum Gasteiger partial charge on any atom is -0.326 e. The molecule has 4 rings (SSSR count). The number of hydrogen-bond acceptors (Lipinski definition) is 4. The number of amides is 2. The highest BCUT2D eigenvalue weighted by Crippen LogP contribution is 2.40. The van der Waals surface area contributed by atoms with E-state index in [1.165, 1.54) is 36.0 Å². The Bertz CT molecular complexity index is 986. The van der Waals surface area contributed by atoms with Gasteiger partial charge in [0.1, 0.15) is 11.1 Å². The van der Waals surface area contributed by atoms with Crippen LogP contribution in [0.25, 0.3) is 0 Å². The quantitative estimate of drug-likeness (QED) is 0.784. The van der Waals surface area contributed by atoms with E-state index in [2.05, 4.69) is 5.32 Å². The van der Waals surface area contributed by atoms with Gasteiger partial charge in [-0.1, -0.05) is 23.9 Å². The summed E-state index contributed by atoms with van der Waals surface area (Å²) in [5.41, 5.74) is 3.59. The molecule has 2 amide bonds. The van der Waals surface area contributed by atoms with E-state index in [0.29, 0.717) is 10.9 Å². The summed E-state index contributed by atoms with van der Waals surface area (Å²) in [5.74, 6) is -0.695. The zero-order valence-electron chi connectivity index (χ0n) is 16.3. The molecule has 1 unspecified atom stereocenters. The Kier molecular flexibility index (Phi) is 5.41. The first-order valence-electron chi connectivity index (χ1n) is 9.62. The molecule has 1 aliphatic heterocycles. The molecular formula is C22H22FN3O2S. The number of rotatable bonds is 5. The van der Waals surface area contributed by atoms with Crippen molar-refractivity contribution in [2.75, 3.05) is 5.32 Å². The first kappa shape index (κ1) is 19.6. The third-order valence-corrected chi connectivity index (χ3v) is 6.32. The Labute approximate surface area is 173 Å². The van der Waals surface area contributed by atoms with E-state index in [-0.39, 0.29) is 30.1 Å². The standard InChI is InChI=1S/C22H22FN3O2S/c1-13-4-3-5-18(14(13)2)25-22-26(17-10-11-17)21(28)19(29-22)12-20(27)24-16-8-6-15(23)7-9-16/h3-9,17,19H,10-12H2,1-2H3,(H,24,27). The number of thioether (sulfide) groups is 1. The summed E-state index contributed by atoms with van der Waals surface area (Å²) in [5, 5.41) is 2.90. The molecule has 1 N–H and O–H groups in total. The van der Waals surface area contributed by atoms with Crippen LogP contribution in [-0.2, 0) is 9.59 Å². The topological polar surface area (TPSA) is 61.8 Å². The molecular weight excluding hydrogens is 389 g/mol. The molecule has 1 atom stereocenters. The monoisotopic (exact) mass is 411 g/mol. The van der Waals surface area contributed by atoms with Crippen molar-refractivity contribution in [1.29, 1.82) is 0 Å². The van der Waals surface area contributed by atoms with E-state index >= 15 is 0 Å². The molecule has 1 saturated carbocycles. The van der Waals surface area contributed by atoms with E-state index in [4.69, 9.17) is 4.99 Å². The fourth-order valence-electron chi connectivity index (χ4n) is 3.24. The van der Waals surface area contributed by atoms with Crippen LogP contribution in [0.15, 0.2) is 47.5 Å². The van der Waals surface area contributed by atoms with Crippen LogP contribution in [0.3, 0.4) is 0 Å². The smallest absolute Gasteiger partial charge is 0.242 e. The summed E-state index contributed by atoms with van der Waals surface area (Å²) in [6, 6.07) is 11.7. The van der Waals surface area contributed by atoms with Crippen molar-refractivity contribution in [2.45, 2.75) is 44.4 Å². The van der Waals surface area contributed by atoms with Crippen LogP contribution in [-0.4, -0.2) is 33.2 Å². The molecule has 1 heterocycles. The molecule has 7 heteroatoms. The number of hydrogen-bond donors (Lipinski definition) is 1. The summed E-state index contributed by atoms with van der Waals surface area (Å²) in [6.07, 6.45) is 1.98. The molecule has 150 valence electrons. The van der Waals surface area contributed by atoms with E-state index in [9.17, 15) is 14.0 Å². The van der Waals surface area contributed by atoms with Crippen molar-refractivity contribution in [3.8, 4) is 0 Å². The molecule has 5 nitrogen and oxygen atoms in total. The summed E-state index contributed by atoms with van der Waals surface area (Å²) < 4.78 is 13.0. The maximum atomic E-state index is 13.0. The second-order valence-corrected chi connectivity index (χ2v) is 8.59. The van der Waals surface area contributed by atoms with Crippen molar-refractivity contribution >= 4 is 40.1 Å². The Morgan fingerprint density at radius 3 is 2.62 bits per heavy atom. The number of aryl methyl sites for hydroxylation is 1. The Morgan fingerprint density at radius 1 is 1.21 bits per heavy atom. The number of benzene rings is 2. The zero-order valence-corrected chi connectivity index (χ0v) is 17.1. The maximum Gasteiger partial charge on any atom is 0.242 e. The normalized spacial score (nSPS) is 20.4. The van der Waals surface area contributed by atoms with Crippen LogP contribution in [0.5, 0.6) is 0 Å². The molecule has 2 aliphatic rings. The third kappa shape index (κ3) is 4.34. The molecule has 0 radical (unpaired) electrons. The lowest BCUT2D eigenvalue weighted by atomic mass is 10.1. The van der Waals surface area contributed by atoms with Crippen molar-refractivity contribution in [2.24, 2.45) is 4.99 Å². The van der Waals surface area contributed by atoms with Crippen LogP contribution in [0.2, 0.25) is 0 Å². The number of amidine groups is 1. The summed E-state index contributed by atoms with van der Waals surface area (Å²) >= 11 is 1.35. The van der Waals surface area contributed by atoms with Gasteiger partial charge in [-0.2, -0.15) is 0 Å². The zero-order chi connectivity index (χ0) is 20.5. The molecule has 1 saturated heterocycles. The highest BCUT2D eigenvalue weighted by molar-refractivity contribution is 8.15. The van der Waals surface area contributed by atoms with Gasteiger partial charge in [-0.15, -0.1) is 0 Å². The van der Waals surface area contributed by atoms with E-state index in [1.807, 2.05) is 32.0 Å². The van der Waals surface area contributed by atoms with Crippen LogP contribution in [0.4, 0.5) is 15.8 Å². The Hall–Kier alpha value is -2.67. The number of carbonyl (C=O) groups excluding carboxylic acids is 2. The van der Waals surface area contributed by atoms with Gasteiger partial charge in [0, 0.05) is 18.2 Å². The fourth-order valence-corrected chi connectivity index (χ4v) is 4.44. The van der Waals surface area contributed by atoms with Gasteiger partial charge in [0.05, 0.1) is 5.69 Å². The lowest BCUT2D eigenvalue weighted by molar-refractivity contribution is -0.128. The second kappa shape index (κ2) is 7.99. The molecule has 2 aromatic rings. The predicted molar refractivity (Wildman–Crippen MR) is 114 cm³/mol. The van der Waals surface area contributed by atoms with Gasteiger partial charge < -0.3 is 5.32 Å². The molecule has 1 aliphatic carbocycles. The number of aliphatic imine (C=N–C) groups is 1. The average Bonchev–Trinajstić information content (AvgIpc) is 3.47. The molecule has 0 bridgehead atoms. The van der Waals surface area contributed by atoms with Crippen molar-refractivity contribution in [1.82, 2.24) is 4.90 Å². The lowest BCUT2D eigenvalue weighted by Gasteiger charge is -2.15. The average molecular weight is 412 g/mol. The number of nitrogens with zero attached hydrogens (tertiary/aromatic N) is 2. The van der Waals surface area contributed by atoms with Gasteiger partial charge in [-0.25, -0.2) is 9.38 Å². The van der Waals surface area contributed by atoms with Gasteiger partial charge in [-0.3, -0.25) is 14.5 Å². The van der Waals surface area contributed by atoms with Crippen molar-refractivity contribution in [3.63, 3.8) is 0 Å². The van der Waals surface area contributed by atoms with Crippen LogP contribution < -0.4 is 5.32 Å². The van der Waals surface area contributed by atoms with Crippen LogP contribution in [0.1, 0.15) is 30.4 Å². The van der Waals surface area contributed by atoms with E-state index < -0.39 is 5.25 Å². The predicted octanol–water partition coefficient (Wildman–Crippen LogP) is 4.57. The molecule has 2 aromatic carbocycles. The van der Waals surface area contributed by atoms with Crippen LogP contribution in [0, 0.1) is 19.7 Å². The number of halogens is 1. The van der Waals surface area contributed by atoms with Gasteiger partial charge >= 0.3 is 0 Å². The van der Waals surface area contributed by atoms with Gasteiger partial charge in [0.15, 0.2) is 5.17 Å². The third-order valence-electron chi connectivity index (χ3n) is 5.17. The largest absolute Gasteiger partial charge is 0.326 e. The summed E-state index contributed by atoms with van der Waals surface area (Å²) in [6.45, 7) is 4.05. The minimum absolute atomic E-state index is 0.0515. The Morgan fingerprint density at radius 2 is 1.93 bits per heavy atom. The van der Waals surface area contributed by atoms with Gasteiger partial charge in [0.2, 0.25) is 11.8 Å². The summed E-state index contributed by atoms with van der Waals surface area (Å²) in [7, 11) is 0. The molecule has 0 spiro atoms. The van der Waals surface area contributed by atoms with E-state index in [0.717, 1.165) is 29.7 Å². The highest BCUT2D eigenvalue weighted by Gasteiger charge is 2.46. The SMILES string of the molecule is Cc1cccc(N=C2SC(CC(=O)Nc3ccc(F)cc3)C(=O)N2C2CC2)c1C. The first-order valence-corrected chi connectivity index (χ1v) is 10.5. The molecule has 29 heavy (non-hydrogen) atoms. The maximum absolute atomic E-state index is 13.0. The minimum atomic E-state index is -0.500. The highest BCUT2D eigenvalue weighted by atomic mass is 32.2. The van der Waals surface area contributed by atoms with Crippen molar-refractivity contribution in [3.05, 3.63) is 59.4 Å². The molecule has 0 aromatic heterocycles. The van der Waals surface area contributed by atoms with Gasteiger partial charge in [0.25, 0.3) is 0 Å². The number of anilines is 1. The van der Waals surface area contributed by atoms with Crippen LogP contribution >= 0.6 is 11.8 Å². The Balaban J connectivity index is 1.51. The lowest BCUT2D eigenvalue weighted by Crippen LogP contribution is -2.35.